The van der Waals surface area contributed by atoms with Gasteiger partial charge in [-0.3, -0.25) is 0 Å². The first-order valence-electron chi connectivity index (χ1n) is 7.13. The predicted molar refractivity (Wildman–Crippen MR) is 96.0 cm³/mol. The third kappa shape index (κ3) is 2.97. The molecule has 0 amide bonds. The molecule has 1 heterocycles. The van der Waals surface area contributed by atoms with Crippen molar-refractivity contribution in [3.63, 3.8) is 0 Å². The molecule has 1 fully saturated rings. The first-order valence-corrected chi connectivity index (χ1v) is 8.21. The lowest BCUT2D eigenvalue weighted by Gasteiger charge is -2.14. The summed E-state index contributed by atoms with van der Waals surface area (Å²) >= 11 is 2.35. The van der Waals surface area contributed by atoms with Gasteiger partial charge in [0, 0.05) is 38.3 Å². The Morgan fingerprint density at radius 1 is 1.14 bits per heavy atom. The average Bonchev–Trinajstić information content (AvgIpc) is 3.32. The van der Waals surface area contributed by atoms with Crippen LogP contribution in [0.15, 0.2) is 24.3 Å². The maximum Gasteiger partial charge on any atom is 0.161 e. The molecule has 1 aliphatic rings. The SMILES string of the molecule is CNc1nc(-c2ccc(N(C)C)cc2)nc(C2CC2)c1I. The molecule has 0 radical (unpaired) electrons. The van der Waals surface area contributed by atoms with Crippen LogP contribution in [0.4, 0.5) is 11.5 Å². The summed E-state index contributed by atoms with van der Waals surface area (Å²) in [5.74, 6) is 2.36. The molecule has 0 spiro atoms. The fraction of sp³-hybridized carbons (Fsp3) is 0.375. The van der Waals surface area contributed by atoms with Gasteiger partial charge >= 0.3 is 0 Å². The summed E-state index contributed by atoms with van der Waals surface area (Å²) in [7, 11) is 6.00. The van der Waals surface area contributed by atoms with Crippen molar-refractivity contribution in [2.24, 2.45) is 0 Å². The number of hydrogen-bond acceptors (Lipinski definition) is 4. The fourth-order valence-corrected chi connectivity index (χ4v) is 3.25. The molecule has 1 aliphatic carbocycles. The van der Waals surface area contributed by atoms with Crippen LogP contribution in [0.1, 0.15) is 24.5 Å². The van der Waals surface area contributed by atoms with Crippen LogP contribution in [0.25, 0.3) is 11.4 Å². The predicted octanol–water partition coefficient (Wildman–Crippen LogP) is 3.73. The number of hydrogen-bond donors (Lipinski definition) is 1. The molecular weight excluding hydrogens is 375 g/mol. The van der Waals surface area contributed by atoms with Crippen molar-refractivity contribution in [3.8, 4) is 11.4 Å². The Kier molecular flexibility index (Phi) is 4.01. The van der Waals surface area contributed by atoms with E-state index in [0.717, 1.165) is 20.8 Å². The van der Waals surface area contributed by atoms with Crippen LogP contribution in [-0.2, 0) is 0 Å². The molecule has 0 aliphatic heterocycles. The van der Waals surface area contributed by atoms with E-state index in [2.05, 4.69) is 62.1 Å². The van der Waals surface area contributed by atoms with Crippen molar-refractivity contribution >= 4 is 34.1 Å². The molecule has 0 bridgehead atoms. The highest BCUT2D eigenvalue weighted by molar-refractivity contribution is 14.1. The normalized spacial score (nSPS) is 14.1. The maximum absolute atomic E-state index is 4.82. The lowest BCUT2D eigenvalue weighted by atomic mass is 10.1. The average molecular weight is 394 g/mol. The molecule has 0 unspecified atom stereocenters. The molecule has 1 N–H and O–H groups in total. The first-order chi connectivity index (χ1) is 10.1. The number of halogens is 1. The molecular formula is C16H19IN4. The van der Waals surface area contributed by atoms with E-state index in [4.69, 9.17) is 4.98 Å². The van der Waals surface area contributed by atoms with Gasteiger partial charge in [0.05, 0.1) is 9.26 Å². The van der Waals surface area contributed by atoms with Crippen molar-refractivity contribution in [3.05, 3.63) is 33.5 Å². The van der Waals surface area contributed by atoms with E-state index in [1.165, 1.54) is 24.2 Å². The van der Waals surface area contributed by atoms with Crippen molar-refractivity contribution < 1.29 is 0 Å². The third-order valence-corrected chi connectivity index (χ3v) is 4.78. The van der Waals surface area contributed by atoms with E-state index in [-0.39, 0.29) is 0 Å². The molecule has 3 rings (SSSR count). The zero-order valence-corrected chi connectivity index (χ0v) is 14.7. The third-order valence-electron chi connectivity index (χ3n) is 3.72. The minimum absolute atomic E-state index is 0.617. The van der Waals surface area contributed by atoms with E-state index < -0.39 is 0 Å². The van der Waals surface area contributed by atoms with Gasteiger partial charge in [0.1, 0.15) is 5.82 Å². The quantitative estimate of drug-likeness (QED) is 0.803. The topological polar surface area (TPSA) is 41.1 Å². The summed E-state index contributed by atoms with van der Waals surface area (Å²) in [6.07, 6.45) is 2.49. The summed E-state index contributed by atoms with van der Waals surface area (Å²) in [5.41, 5.74) is 3.44. The largest absolute Gasteiger partial charge is 0.378 e. The van der Waals surface area contributed by atoms with Crippen LogP contribution in [0.5, 0.6) is 0 Å². The fourth-order valence-electron chi connectivity index (χ4n) is 2.30. The lowest BCUT2D eigenvalue weighted by Crippen LogP contribution is -2.08. The Bertz CT molecular complexity index is 648. The minimum atomic E-state index is 0.617. The number of benzene rings is 1. The van der Waals surface area contributed by atoms with Gasteiger partial charge in [0.15, 0.2) is 5.82 Å². The monoisotopic (exact) mass is 394 g/mol. The summed E-state index contributed by atoms with van der Waals surface area (Å²) < 4.78 is 1.16. The van der Waals surface area contributed by atoms with Crippen LogP contribution in [0.2, 0.25) is 0 Å². The molecule has 4 nitrogen and oxygen atoms in total. The number of rotatable bonds is 4. The van der Waals surface area contributed by atoms with Gasteiger partial charge in [-0.15, -0.1) is 0 Å². The van der Waals surface area contributed by atoms with Gasteiger partial charge in [-0.2, -0.15) is 0 Å². The van der Waals surface area contributed by atoms with Gasteiger partial charge in [0.2, 0.25) is 0 Å². The Labute approximate surface area is 139 Å². The summed E-state index contributed by atoms with van der Waals surface area (Å²) in [6.45, 7) is 0. The highest BCUT2D eigenvalue weighted by Gasteiger charge is 2.29. The van der Waals surface area contributed by atoms with E-state index >= 15 is 0 Å². The van der Waals surface area contributed by atoms with Gasteiger partial charge in [-0.1, -0.05) is 0 Å². The number of anilines is 2. The number of aromatic nitrogens is 2. The molecule has 2 aromatic rings. The molecule has 21 heavy (non-hydrogen) atoms. The van der Waals surface area contributed by atoms with Crippen LogP contribution in [0.3, 0.4) is 0 Å². The zero-order valence-electron chi connectivity index (χ0n) is 12.5. The van der Waals surface area contributed by atoms with Crippen LogP contribution >= 0.6 is 22.6 Å². The van der Waals surface area contributed by atoms with E-state index in [1.807, 2.05) is 21.1 Å². The molecule has 5 heteroatoms. The van der Waals surface area contributed by atoms with Crippen molar-refractivity contribution in [2.75, 3.05) is 31.4 Å². The van der Waals surface area contributed by atoms with E-state index in [1.54, 1.807) is 0 Å². The smallest absolute Gasteiger partial charge is 0.161 e. The maximum atomic E-state index is 4.82. The first kappa shape index (κ1) is 14.6. The Balaban J connectivity index is 2.03. The summed E-state index contributed by atoms with van der Waals surface area (Å²) in [6, 6.07) is 8.39. The molecule has 1 aromatic carbocycles. The second-order valence-electron chi connectivity index (χ2n) is 5.56. The second kappa shape index (κ2) is 5.79. The highest BCUT2D eigenvalue weighted by atomic mass is 127. The Morgan fingerprint density at radius 3 is 2.33 bits per heavy atom. The Morgan fingerprint density at radius 2 is 1.81 bits per heavy atom. The van der Waals surface area contributed by atoms with Crippen molar-refractivity contribution in [1.82, 2.24) is 9.97 Å². The molecule has 1 aromatic heterocycles. The number of nitrogens with zero attached hydrogens (tertiary/aromatic N) is 3. The van der Waals surface area contributed by atoms with Crippen LogP contribution in [-0.4, -0.2) is 31.1 Å². The minimum Gasteiger partial charge on any atom is -0.378 e. The molecule has 0 atom stereocenters. The summed E-state index contributed by atoms with van der Waals surface area (Å²) in [4.78, 5) is 11.6. The molecule has 0 saturated heterocycles. The van der Waals surface area contributed by atoms with Crippen molar-refractivity contribution in [2.45, 2.75) is 18.8 Å². The van der Waals surface area contributed by atoms with E-state index in [0.29, 0.717) is 5.92 Å². The van der Waals surface area contributed by atoms with Gasteiger partial charge in [-0.25, -0.2) is 9.97 Å². The molecule has 110 valence electrons. The van der Waals surface area contributed by atoms with Gasteiger partial charge in [-0.05, 0) is 59.7 Å². The lowest BCUT2D eigenvalue weighted by molar-refractivity contribution is 0.978. The zero-order chi connectivity index (χ0) is 15.0. The van der Waals surface area contributed by atoms with Crippen LogP contribution in [0, 0.1) is 3.57 Å². The van der Waals surface area contributed by atoms with Gasteiger partial charge in [0.25, 0.3) is 0 Å². The van der Waals surface area contributed by atoms with Crippen LogP contribution < -0.4 is 10.2 Å². The van der Waals surface area contributed by atoms with E-state index in [9.17, 15) is 0 Å². The van der Waals surface area contributed by atoms with Gasteiger partial charge < -0.3 is 10.2 Å². The second-order valence-corrected chi connectivity index (χ2v) is 6.64. The highest BCUT2D eigenvalue weighted by Crippen LogP contribution is 2.42. The molecule has 1 saturated carbocycles. The number of nitrogens with one attached hydrogen (secondary N) is 1. The standard InChI is InChI=1S/C16H19IN4/c1-18-16-13(17)14(10-4-5-10)19-15(20-16)11-6-8-12(9-7-11)21(2)3/h6-10H,4-5H2,1-3H3,(H,18,19,20). The summed E-state index contributed by atoms with van der Waals surface area (Å²) in [5, 5.41) is 3.19. The van der Waals surface area contributed by atoms with Crippen molar-refractivity contribution in [1.29, 1.82) is 0 Å². The Hall–Kier alpha value is -1.37.